The van der Waals surface area contributed by atoms with E-state index in [1.807, 2.05) is 42.5 Å². The Morgan fingerprint density at radius 1 is 0.731 bits per heavy atom. The highest BCUT2D eigenvalue weighted by Crippen LogP contribution is 2.20. The first kappa shape index (κ1) is 17.5. The van der Waals surface area contributed by atoms with E-state index in [9.17, 15) is 9.59 Å². The summed E-state index contributed by atoms with van der Waals surface area (Å²) in [5, 5.41) is 2.13. The normalized spacial score (nSPS) is 10.3. The van der Waals surface area contributed by atoms with Gasteiger partial charge in [-0.2, -0.15) is 0 Å². The van der Waals surface area contributed by atoms with Crippen molar-refractivity contribution in [3.63, 3.8) is 0 Å². The highest BCUT2D eigenvalue weighted by molar-refractivity contribution is 5.89. The van der Waals surface area contributed by atoms with Crippen LogP contribution in [0.5, 0.6) is 5.75 Å². The molecule has 0 atom stereocenters. The summed E-state index contributed by atoms with van der Waals surface area (Å²) in [6, 6.07) is 22.1. The SMILES string of the molecule is O=C(COc1ccc2ccccc2c1)OCCOC(=O)c1ccccc1. The summed E-state index contributed by atoms with van der Waals surface area (Å²) < 4.78 is 15.5. The van der Waals surface area contributed by atoms with Crippen molar-refractivity contribution in [2.24, 2.45) is 0 Å². The fourth-order valence-electron chi connectivity index (χ4n) is 2.39. The van der Waals surface area contributed by atoms with Gasteiger partial charge >= 0.3 is 11.9 Å². The Hall–Kier alpha value is -3.34. The Morgan fingerprint density at radius 2 is 1.42 bits per heavy atom. The molecule has 0 aliphatic heterocycles. The summed E-state index contributed by atoms with van der Waals surface area (Å²) in [5.74, 6) is -0.376. The van der Waals surface area contributed by atoms with Gasteiger partial charge in [0.15, 0.2) is 6.61 Å². The van der Waals surface area contributed by atoms with Crippen LogP contribution in [0, 0.1) is 0 Å². The first-order valence-corrected chi connectivity index (χ1v) is 8.22. The van der Waals surface area contributed by atoms with E-state index in [-0.39, 0.29) is 19.8 Å². The van der Waals surface area contributed by atoms with Crippen molar-refractivity contribution in [1.82, 2.24) is 0 Å². The molecule has 0 fully saturated rings. The van der Waals surface area contributed by atoms with E-state index in [0.717, 1.165) is 10.8 Å². The molecule has 3 rings (SSSR count). The average molecular weight is 350 g/mol. The fourth-order valence-corrected chi connectivity index (χ4v) is 2.39. The van der Waals surface area contributed by atoms with Gasteiger partial charge in [-0.05, 0) is 35.0 Å². The molecule has 0 aliphatic carbocycles. The van der Waals surface area contributed by atoms with E-state index >= 15 is 0 Å². The topological polar surface area (TPSA) is 61.8 Å². The minimum absolute atomic E-state index is 0.00452. The van der Waals surface area contributed by atoms with Gasteiger partial charge in [-0.15, -0.1) is 0 Å². The summed E-state index contributed by atoms with van der Waals surface area (Å²) in [5.41, 5.74) is 0.457. The van der Waals surface area contributed by atoms with Crippen molar-refractivity contribution >= 4 is 22.7 Å². The quantitative estimate of drug-likeness (QED) is 0.481. The minimum Gasteiger partial charge on any atom is -0.482 e. The third-order valence-electron chi connectivity index (χ3n) is 3.67. The van der Waals surface area contributed by atoms with Crippen LogP contribution in [-0.4, -0.2) is 31.8 Å². The maximum absolute atomic E-state index is 11.7. The van der Waals surface area contributed by atoms with Crippen molar-refractivity contribution < 1.29 is 23.8 Å². The number of fused-ring (bicyclic) bond motifs is 1. The number of ether oxygens (including phenoxy) is 3. The number of rotatable bonds is 7. The molecule has 0 heterocycles. The Balaban J connectivity index is 1.38. The highest BCUT2D eigenvalue weighted by atomic mass is 16.6. The molecule has 0 aromatic heterocycles. The Morgan fingerprint density at radius 3 is 2.23 bits per heavy atom. The third-order valence-corrected chi connectivity index (χ3v) is 3.67. The zero-order chi connectivity index (χ0) is 18.2. The van der Waals surface area contributed by atoms with Gasteiger partial charge in [0.2, 0.25) is 0 Å². The molecule has 0 spiro atoms. The van der Waals surface area contributed by atoms with Crippen LogP contribution in [0.4, 0.5) is 0 Å². The Kier molecular flexibility index (Phi) is 5.83. The van der Waals surface area contributed by atoms with E-state index < -0.39 is 11.9 Å². The smallest absolute Gasteiger partial charge is 0.344 e. The van der Waals surface area contributed by atoms with Gasteiger partial charge in [0, 0.05) is 0 Å². The number of hydrogen-bond donors (Lipinski definition) is 0. The second-order valence-electron chi connectivity index (χ2n) is 5.52. The van der Waals surface area contributed by atoms with Gasteiger partial charge in [-0.1, -0.05) is 48.5 Å². The lowest BCUT2D eigenvalue weighted by atomic mass is 10.1. The second kappa shape index (κ2) is 8.67. The Bertz CT molecular complexity index is 889. The summed E-state index contributed by atoms with van der Waals surface area (Å²) in [4.78, 5) is 23.4. The van der Waals surface area contributed by atoms with E-state index in [2.05, 4.69) is 0 Å². The number of esters is 2. The monoisotopic (exact) mass is 350 g/mol. The number of carbonyl (C=O) groups is 2. The molecule has 0 radical (unpaired) electrons. The zero-order valence-electron chi connectivity index (χ0n) is 14.1. The molecule has 0 unspecified atom stereocenters. The van der Waals surface area contributed by atoms with Crippen molar-refractivity contribution in [2.75, 3.05) is 19.8 Å². The van der Waals surface area contributed by atoms with Gasteiger partial charge in [-0.3, -0.25) is 0 Å². The summed E-state index contributed by atoms with van der Waals surface area (Å²) in [6.07, 6.45) is 0. The predicted molar refractivity (Wildman–Crippen MR) is 97.1 cm³/mol. The molecule has 0 amide bonds. The average Bonchev–Trinajstić information content (AvgIpc) is 2.70. The van der Waals surface area contributed by atoms with Crippen LogP contribution in [0.3, 0.4) is 0 Å². The van der Waals surface area contributed by atoms with Crippen LogP contribution in [0.1, 0.15) is 10.4 Å². The summed E-state index contributed by atoms with van der Waals surface area (Å²) in [6.45, 7) is -0.223. The lowest BCUT2D eigenvalue weighted by Crippen LogP contribution is -2.18. The van der Waals surface area contributed by atoms with Crippen molar-refractivity contribution in [2.45, 2.75) is 0 Å². The van der Waals surface area contributed by atoms with Crippen LogP contribution in [0.15, 0.2) is 72.8 Å². The van der Waals surface area contributed by atoms with E-state index in [1.54, 1.807) is 30.3 Å². The maximum Gasteiger partial charge on any atom is 0.344 e. The van der Waals surface area contributed by atoms with Crippen molar-refractivity contribution in [3.05, 3.63) is 78.4 Å². The number of carbonyl (C=O) groups excluding carboxylic acids is 2. The van der Waals surface area contributed by atoms with E-state index in [1.165, 1.54) is 0 Å². The van der Waals surface area contributed by atoms with Gasteiger partial charge in [-0.25, -0.2) is 9.59 Å². The Labute approximate surface area is 151 Å². The molecule has 5 nitrogen and oxygen atoms in total. The maximum atomic E-state index is 11.7. The van der Waals surface area contributed by atoms with Gasteiger partial charge in [0.05, 0.1) is 5.56 Å². The second-order valence-corrected chi connectivity index (χ2v) is 5.52. The van der Waals surface area contributed by atoms with Crippen molar-refractivity contribution in [1.29, 1.82) is 0 Å². The summed E-state index contributed by atoms with van der Waals surface area (Å²) in [7, 11) is 0. The van der Waals surface area contributed by atoms with Gasteiger partial charge in [0.25, 0.3) is 0 Å². The molecule has 5 heteroatoms. The van der Waals surface area contributed by atoms with E-state index in [0.29, 0.717) is 11.3 Å². The third kappa shape index (κ3) is 4.83. The highest BCUT2D eigenvalue weighted by Gasteiger charge is 2.08. The van der Waals surface area contributed by atoms with Crippen LogP contribution < -0.4 is 4.74 Å². The van der Waals surface area contributed by atoms with Gasteiger partial charge in [0.1, 0.15) is 19.0 Å². The number of benzene rings is 3. The molecule has 0 saturated heterocycles. The molecule has 26 heavy (non-hydrogen) atoms. The molecular formula is C21H18O5. The summed E-state index contributed by atoms with van der Waals surface area (Å²) >= 11 is 0. The van der Waals surface area contributed by atoms with E-state index in [4.69, 9.17) is 14.2 Å². The predicted octanol–water partition coefficient (Wildman–Crippen LogP) is 3.62. The molecule has 0 saturated carbocycles. The largest absolute Gasteiger partial charge is 0.482 e. The fraction of sp³-hybridized carbons (Fsp3) is 0.143. The van der Waals surface area contributed by atoms with Crippen LogP contribution in [-0.2, 0) is 14.3 Å². The lowest BCUT2D eigenvalue weighted by molar-refractivity contribution is -0.147. The molecule has 3 aromatic rings. The molecule has 0 aliphatic rings. The molecule has 132 valence electrons. The minimum atomic E-state index is -0.520. The number of hydrogen-bond acceptors (Lipinski definition) is 5. The molecular weight excluding hydrogens is 332 g/mol. The molecule has 0 N–H and O–H groups in total. The molecule has 3 aromatic carbocycles. The standard InChI is InChI=1S/C21H18O5/c22-20(24-12-13-25-21(23)17-7-2-1-3-8-17)15-26-19-11-10-16-6-4-5-9-18(16)14-19/h1-11,14H,12-13,15H2. The first-order chi connectivity index (χ1) is 12.7. The molecule has 0 bridgehead atoms. The zero-order valence-corrected chi connectivity index (χ0v) is 14.1. The van der Waals surface area contributed by atoms with Crippen LogP contribution in [0.25, 0.3) is 10.8 Å². The van der Waals surface area contributed by atoms with Gasteiger partial charge < -0.3 is 14.2 Å². The first-order valence-electron chi connectivity index (χ1n) is 8.22. The van der Waals surface area contributed by atoms with Crippen molar-refractivity contribution in [3.8, 4) is 5.75 Å². The lowest BCUT2D eigenvalue weighted by Gasteiger charge is -2.08. The van der Waals surface area contributed by atoms with Crippen LogP contribution in [0.2, 0.25) is 0 Å². The van der Waals surface area contributed by atoms with Crippen LogP contribution >= 0.6 is 0 Å².